The van der Waals surface area contributed by atoms with Gasteiger partial charge in [0, 0.05) is 12.5 Å². The van der Waals surface area contributed by atoms with Crippen molar-refractivity contribution in [3.63, 3.8) is 0 Å². The first-order valence-electron chi connectivity index (χ1n) is 11.4. The molecule has 3 aromatic rings. The Morgan fingerprint density at radius 1 is 0.853 bits per heavy atom. The van der Waals surface area contributed by atoms with Gasteiger partial charge in [-0.15, -0.1) is 0 Å². The van der Waals surface area contributed by atoms with Gasteiger partial charge in [-0.2, -0.15) is 11.8 Å². The fraction of sp³-hybridized carbons (Fsp3) is 0.286. The van der Waals surface area contributed by atoms with Gasteiger partial charge < -0.3 is 15.4 Å². The van der Waals surface area contributed by atoms with Gasteiger partial charge in [0.2, 0.25) is 5.91 Å². The molecule has 1 atom stereocenters. The first kappa shape index (κ1) is 25.4. The van der Waals surface area contributed by atoms with Crippen molar-refractivity contribution in [1.82, 2.24) is 10.6 Å². The Kier molecular flexibility index (Phi) is 10.0. The normalized spacial score (nSPS) is 11.6. The summed E-state index contributed by atoms with van der Waals surface area (Å²) in [5.41, 5.74) is 2.85. The molecule has 0 bridgehead atoms. The molecule has 1 unspecified atom stereocenters. The zero-order valence-corrected chi connectivity index (χ0v) is 20.5. The highest BCUT2D eigenvalue weighted by Gasteiger charge is 2.23. The molecule has 0 fully saturated rings. The van der Waals surface area contributed by atoms with Gasteiger partial charge in [-0.25, -0.2) is 0 Å². The summed E-state index contributed by atoms with van der Waals surface area (Å²) in [5, 5.41) is 5.95. The van der Waals surface area contributed by atoms with Crippen molar-refractivity contribution in [1.29, 1.82) is 0 Å². The van der Waals surface area contributed by atoms with E-state index in [0.29, 0.717) is 24.3 Å². The van der Waals surface area contributed by atoms with Crippen molar-refractivity contribution in [3.05, 3.63) is 102 Å². The number of carbonyl (C=O) groups excluding carboxylic acids is 2. The third kappa shape index (κ3) is 7.12. The highest BCUT2D eigenvalue weighted by atomic mass is 32.2. The summed E-state index contributed by atoms with van der Waals surface area (Å²) in [6.07, 6.45) is 3.30. The van der Waals surface area contributed by atoms with Gasteiger partial charge in [-0.1, -0.05) is 72.8 Å². The van der Waals surface area contributed by atoms with Gasteiger partial charge in [0.1, 0.15) is 11.8 Å². The Morgan fingerprint density at radius 3 is 2.03 bits per heavy atom. The van der Waals surface area contributed by atoms with Crippen LogP contribution in [0.5, 0.6) is 5.75 Å². The number of amides is 2. The Hall–Kier alpha value is -3.25. The molecule has 2 amide bonds. The van der Waals surface area contributed by atoms with E-state index < -0.39 is 6.04 Å². The second-order valence-corrected chi connectivity index (χ2v) is 8.95. The van der Waals surface area contributed by atoms with E-state index in [1.165, 1.54) is 18.2 Å². The molecular formula is C28H32N2O3S. The quantitative estimate of drug-likeness (QED) is 0.391. The van der Waals surface area contributed by atoms with Crippen molar-refractivity contribution in [2.75, 3.05) is 25.7 Å². The van der Waals surface area contributed by atoms with Crippen LogP contribution in [0.4, 0.5) is 0 Å². The average Bonchev–Trinajstić information content (AvgIpc) is 2.89. The number of ether oxygens (including phenoxy) is 1. The van der Waals surface area contributed by atoms with E-state index in [0.717, 1.165) is 12.2 Å². The van der Waals surface area contributed by atoms with Gasteiger partial charge in [-0.3, -0.25) is 9.59 Å². The SMILES string of the molecule is COc1ccccc1C(=O)NC(CCSC)C(=O)NCCC(c1ccccc1)c1ccccc1. The predicted molar refractivity (Wildman–Crippen MR) is 140 cm³/mol. The Morgan fingerprint density at radius 2 is 1.44 bits per heavy atom. The molecule has 0 aliphatic rings. The van der Waals surface area contributed by atoms with Crippen LogP contribution in [0.3, 0.4) is 0 Å². The molecule has 5 nitrogen and oxygen atoms in total. The summed E-state index contributed by atoms with van der Waals surface area (Å²) < 4.78 is 5.30. The van der Waals surface area contributed by atoms with E-state index in [9.17, 15) is 9.59 Å². The van der Waals surface area contributed by atoms with Crippen LogP contribution in [0.2, 0.25) is 0 Å². The molecule has 0 spiro atoms. The van der Waals surface area contributed by atoms with E-state index >= 15 is 0 Å². The summed E-state index contributed by atoms with van der Waals surface area (Å²) in [6, 6.07) is 27.0. The lowest BCUT2D eigenvalue weighted by Crippen LogP contribution is -2.47. The van der Waals surface area contributed by atoms with Gasteiger partial charge in [0.15, 0.2) is 0 Å². The Balaban J connectivity index is 1.66. The van der Waals surface area contributed by atoms with E-state index in [-0.39, 0.29) is 17.7 Å². The monoisotopic (exact) mass is 476 g/mol. The maximum absolute atomic E-state index is 13.1. The number of hydrogen-bond donors (Lipinski definition) is 2. The van der Waals surface area contributed by atoms with Crippen LogP contribution in [0.1, 0.15) is 40.2 Å². The van der Waals surface area contributed by atoms with Crippen molar-refractivity contribution >= 4 is 23.6 Å². The highest BCUT2D eigenvalue weighted by Crippen LogP contribution is 2.27. The molecular weight excluding hydrogens is 444 g/mol. The molecule has 178 valence electrons. The number of carbonyl (C=O) groups is 2. The third-order valence-corrected chi connectivity index (χ3v) is 6.36. The minimum absolute atomic E-state index is 0.169. The number of hydrogen-bond acceptors (Lipinski definition) is 4. The van der Waals surface area contributed by atoms with Crippen LogP contribution >= 0.6 is 11.8 Å². The summed E-state index contributed by atoms with van der Waals surface area (Å²) in [6.45, 7) is 0.508. The van der Waals surface area contributed by atoms with Crippen LogP contribution < -0.4 is 15.4 Å². The fourth-order valence-corrected chi connectivity index (χ4v) is 4.40. The Bertz CT molecular complexity index is 1000. The molecule has 34 heavy (non-hydrogen) atoms. The average molecular weight is 477 g/mol. The predicted octanol–water partition coefficient (Wildman–Crippen LogP) is 4.89. The van der Waals surface area contributed by atoms with Crippen molar-refractivity contribution in [2.45, 2.75) is 24.8 Å². The molecule has 0 aliphatic heterocycles. The van der Waals surface area contributed by atoms with Crippen LogP contribution in [0, 0.1) is 0 Å². The van der Waals surface area contributed by atoms with Crippen molar-refractivity contribution in [3.8, 4) is 5.75 Å². The summed E-state index contributed by atoms with van der Waals surface area (Å²) >= 11 is 1.65. The zero-order valence-electron chi connectivity index (χ0n) is 19.7. The van der Waals surface area contributed by atoms with Crippen molar-refractivity contribution in [2.24, 2.45) is 0 Å². The topological polar surface area (TPSA) is 67.4 Å². The van der Waals surface area contributed by atoms with Crippen LogP contribution in [-0.4, -0.2) is 43.5 Å². The first-order chi connectivity index (χ1) is 16.6. The molecule has 0 saturated heterocycles. The minimum Gasteiger partial charge on any atom is -0.496 e. The smallest absolute Gasteiger partial charge is 0.255 e. The lowest BCUT2D eigenvalue weighted by Gasteiger charge is -2.21. The highest BCUT2D eigenvalue weighted by molar-refractivity contribution is 7.98. The maximum Gasteiger partial charge on any atom is 0.255 e. The molecule has 0 heterocycles. The van der Waals surface area contributed by atoms with Gasteiger partial charge in [0.05, 0.1) is 12.7 Å². The zero-order chi connectivity index (χ0) is 24.2. The molecule has 3 rings (SSSR count). The lowest BCUT2D eigenvalue weighted by molar-refractivity contribution is -0.123. The van der Waals surface area contributed by atoms with Gasteiger partial charge in [-0.05, 0) is 48.1 Å². The number of thioether (sulfide) groups is 1. The number of methoxy groups -OCH3 is 1. The summed E-state index contributed by atoms with van der Waals surface area (Å²) in [5.74, 6) is 0.941. The molecule has 2 N–H and O–H groups in total. The summed E-state index contributed by atoms with van der Waals surface area (Å²) in [7, 11) is 1.53. The van der Waals surface area contributed by atoms with E-state index in [2.05, 4.69) is 34.9 Å². The van der Waals surface area contributed by atoms with Gasteiger partial charge in [0.25, 0.3) is 5.91 Å². The van der Waals surface area contributed by atoms with Crippen molar-refractivity contribution < 1.29 is 14.3 Å². The van der Waals surface area contributed by atoms with E-state index in [1.807, 2.05) is 48.7 Å². The number of rotatable bonds is 12. The van der Waals surface area contributed by atoms with Crippen LogP contribution in [-0.2, 0) is 4.79 Å². The molecule has 0 radical (unpaired) electrons. The third-order valence-electron chi connectivity index (χ3n) is 5.72. The second kappa shape index (κ2) is 13.5. The number of nitrogens with one attached hydrogen (secondary N) is 2. The summed E-state index contributed by atoms with van der Waals surface area (Å²) in [4.78, 5) is 25.9. The molecule has 0 aromatic heterocycles. The second-order valence-electron chi connectivity index (χ2n) is 7.96. The lowest BCUT2D eigenvalue weighted by atomic mass is 9.88. The maximum atomic E-state index is 13.1. The standard InChI is InChI=1S/C28H32N2O3S/c1-33-26-16-10-9-15-24(26)27(31)30-25(18-20-34-2)28(32)29-19-17-23(21-11-5-3-6-12-21)22-13-7-4-8-14-22/h3-16,23,25H,17-20H2,1-2H3,(H,29,32)(H,30,31). The number of benzene rings is 3. The fourth-order valence-electron chi connectivity index (χ4n) is 3.93. The Labute approximate surface area is 206 Å². The molecule has 6 heteroatoms. The number of para-hydroxylation sites is 1. The molecule has 3 aromatic carbocycles. The molecule has 0 saturated carbocycles. The van der Waals surface area contributed by atoms with Crippen LogP contribution in [0.15, 0.2) is 84.9 Å². The largest absolute Gasteiger partial charge is 0.496 e. The van der Waals surface area contributed by atoms with Crippen LogP contribution in [0.25, 0.3) is 0 Å². The van der Waals surface area contributed by atoms with E-state index in [1.54, 1.807) is 30.0 Å². The minimum atomic E-state index is -0.614. The van der Waals surface area contributed by atoms with E-state index in [4.69, 9.17) is 4.74 Å². The van der Waals surface area contributed by atoms with Gasteiger partial charge >= 0.3 is 0 Å². The first-order valence-corrected chi connectivity index (χ1v) is 12.8. The molecule has 0 aliphatic carbocycles.